The third-order valence-corrected chi connectivity index (χ3v) is 7.07. The molecule has 0 saturated heterocycles. The van der Waals surface area contributed by atoms with Gasteiger partial charge in [-0.1, -0.05) is 92.7 Å². The van der Waals surface area contributed by atoms with Crippen LogP contribution in [0.25, 0.3) is 33.3 Å². The largest absolute Gasteiger partial charge is 0.487 e. The molecule has 4 heteroatoms. The van der Waals surface area contributed by atoms with Gasteiger partial charge >= 0.3 is 0 Å². The minimum absolute atomic E-state index is 0.434. The molecule has 0 bridgehead atoms. The molecule has 4 nitrogen and oxygen atoms in total. The smallest absolute Gasteiger partial charge is 0.130 e. The van der Waals surface area contributed by atoms with E-state index in [1.54, 1.807) is 0 Å². The van der Waals surface area contributed by atoms with Crippen LogP contribution in [0.2, 0.25) is 0 Å². The summed E-state index contributed by atoms with van der Waals surface area (Å²) < 4.78 is 8.21. The molecule has 198 valence electrons. The number of ether oxygens (including phenoxy) is 1. The number of rotatable bonds is 9. The van der Waals surface area contributed by atoms with Gasteiger partial charge in [-0.15, -0.1) is 0 Å². The summed E-state index contributed by atoms with van der Waals surface area (Å²) in [6, 6.07) is 40.0. The van der Waals surface area contributed by atoms with E-state index in [1.165, 1.54) is 22.3 Å². The maximum atomic E-state index is 6.19. The van der Waals surface area contributed by atoms with Crippen LogP contribution in [0.1, 0.15) is 30.7 Å². The zero-order chi connectivity index (χ0) is 27.3. The molecule has 0 atom stereocenters. The second-order valence-corrected chi connectivity index (χ2v) is 10.7. The molecule has 0 aliphatic rings. The van der Waals surface area contributed by atoms with E-state index in [0.29, 0.717) is 12.5 Å². The Kier molecular flexibility index (Phi) is 7.41. The van der Waals surface area contributed by atoms with Crippen molar-refractivity contribution in [2.75, 3.05) is 0 Å². The van der Waals surface area contributed by atoms with Crippen molar-refractivity contribution in [1.82, 2.24) is 14.8 Å². The van der Waals surface area contributed by atoms with Crippen LogP contribution in [-0.4, -0.2) is 14.8 Å². The van der Waals surface area contributed by atoms with E-state index in [4.69, 9.17) is 14.8 Å². The highest BCUT2D eigenvalue weighted by Gasteiger charge is 2.12. The second kappa shape index (κ2) is 11.6. The van der Waals surface area contributed by atoms with Gasteiger partial charge in [-0.3, -0.25) is 4.68 Å². The number of hydrogen-bond acceptors (Lipinski definition) is 3. The van der Waals surface area contributed by atoms with Crippen molar-refractivity contribution in [2.24, 2.45) is 5.92 Å². The van der Waals surface area contributed by atoms with Crippen molar-refractivity contribution in [3.8, 4) is 28.1 Å². The molecule has 0 spiro atoms. The fourth-order valence-electron chi connectivity index (χ4n) is 5.08. The third kappa shape index (κ3) is 5.97. The van der Waals surface area contributed by atoms with E-state index in [9.17, 15) is 0 Å². The van der Waals surface area contributed by atoms with Crippen LogP contribution < -0.4 is 4.74 Å². The fourth-order valence-corrected chi connectivity index (χ4v) is 5.08. The highest BCUT2D eigenvalue weighted by molar-refractivity contribution is 5.78. The van der Waals surface area contributed by atoms with Crippen LogP contribution in [0.5, 0.6) is 5.75 Å². The molecule has 0 amide bonds. The minimum Gasteiger partial charge on any atom is -0.487 e. The lowest BCUT2D eigenvalue weighted by Crippen LogP contribution is -2.03. The van der Waals surface area contributed by atoms with Gasteiger partial charge in [-0.2, -0.15) is 5.10 Å². The lowest BCUT2D eigenvalue weighted by Gasteiger charge is -2.14. The first kappa shape index (κ1) is 25.6. The van der Waals surface area contributed by atoms with Crippen molar-refractivity contribution in [3.05, 3.63) is 138 Å². The molecule has 0 N–H and O–H groups in total. The average molecular weight is 524 g/mol. The summed E-state index contributed by atoms with van der Waals surface area (Å²) in [6.45, 7) is 5.65. The molecule has 0 fully saturated rings. The molecule has 0 radical (unpaired) electrons. The first-order valence-corrected chi connectivity index (χ1v) is 13.9. The number of hydrogen-bond donors (Lipinski definition) is 0. The summed E-state index contributed by atoms with van der Waals surface area (Å²) in [5.74, 6) is 1.37. The highest BCUT2D eigenvalue weighted by Crippen LogP contribution is 2.29. The van der Waals surface area contributed by atoms with Crippen molar-refractivity contribution in [2.45, 2.75) is 33.4 Å². The normalized spacial score (nSPS) is 11.3. The minimum atomic E-state index is 0.434. The summed E-state index contributed by atoms with van der Waals surface area (Å²) in [6.07, 6.45) is 3.02. The Hall–Kier alpha value is -4.70. The number of benzene rings is 4. The molecule has 4 aromatic carbocycles. The number of pyridine rings is 1. The van der Waals surface area contributed by atoms with Crippen LogP contribution in [0.3, 0.4) is 0 Å². The fraction of sp³-hybridized carbons (Fsp3) is 0.167. The Bertz CT molecular complexity index is 1720. The van der Waals surface area contributed by atoms with E-state index in [0.717, 1.165) is 46.6 Å². The summed E-state index contributed by atoms with van der Waals surface area (Å²) in [7, 11) is 0. The quantitative estimate of drug-likeness (QED) is 0.190. The zero-order valence-corrected chi connectivity index (χ0v) is 23.0. The molecule has 0 unspecified atom stereocenters. The number of nitrogens with zero attached hydrogens (tertiary/aromatic N) is 3. The Labute approximate surface area is 235 Å². The monoisotopic (exact) mass is 523 g/mol. The molecule has 40 heavy (non-hydrogen) atoms. The van der Waals surface area contributed by atoms with E-state index in [1.807, 2.05) is 41.1 Å². The van der Waals surface area contributed by atoms with Crippen LogP contribution in [0, 0.1) is 5.92 Å². The summed E-state index contributed by atoms with van der Waals surface area (Å²) >= 11 is 0. The van der Waals surface area contributed by atoms with E-state index >= 15 is 0 Å². The average Bonchev–Trinajstić information content (AvgIpc) is 3.44. The molecule has 0 aliphatic heterocycles. The lowest BCUT2D eigenvalue weighted by atomic mass is 9.96. The van der Waals surface area contributed by atoms with Gasteiger partial charge in [0, 0.05) is 17.1 Å². The topological polar surface area (TPSA) is 39.9 Å². The second-order valence-electron chi connectivity index (χ2n) is 10.7. The SMILES string of the molecule is CC(C)Cc1cc(OCc2ccc3ccccc3n2)ccc1-c1ccn(Cc2ccc(-c3ccccc3)cc2)n1. The van der Waals surface area contributed by atoms with Gasteiger partial charge in [0.25, 0.3) is 0 Å². The molecule has 2 aromatic heterocycles. The zero-order valence-electron chi connectivity index (χ0n) is 23.0. The first-order valence-electron chi connectivity index (χ1n) is 13.9. The summed E-state index contributed by atoms with van der Waals surface area (Å²) in [5.41, 5.74) is 8.98. The maximum absolute atomic E-state index is 6.19. The highest BCUT2D eigenvalue weighted by atomic mass is 16.5. The predicted molar refractivity (Wildman–Crippen MR) is 163 cm³/mol. The van der Waals surface area contributed by atoms with Crippen molar-refractivity contribution in [1.29, 1.82) is 0 Å². The van der Waals surface area contributed by atoms with Crippen molar-refractivity contribution in [3.63, 3.8) is 0 Å². The van der Waals surface area contributed by atoms with E-state index < -0.39 is 0 Å². The maximum Gasteiger partial charge on any atom is 0.130 e. The Morgan fingerprint density at radius 3 is 2.35 bits per heavy atom. The molecule has 0 aliphatic carbocycles. The van der Waals surface area contributed by atoms with E-state index in [-0.39, 0.29) is 0 Å². The molecule has 6 aromatic rings. The van der Waals surface area contributed by atoms with Gasteiger partial charge in [0.1, 0.15) is 12.4 Å². The van der Waals surface area contributed by atoms with Crippen molar-refractivity contribution >= 4 is 10.9 Å². The van der Waals surface area contributed by atoms with Crippen LogP contribution >= 0.6 is 0 Å². The van der Waals surface area contributed by atoms with Crippen molar-refractivity contribution < 1.29 is 4.74 Å². The molecular weight excluding hydrogens is 490 g/mol. The predicted octanol–water partition coefficient (Wildman–Crippen LogP) is 8.59. The Balaban J connectivity index is 1.17. The van der Waals surface area contributed by atoms with Gasteiger partial charge in [-0.05, 0) is 71.0 Å². The standard InChI is InChI=1S/C36H33N3O/c1-26(2)22-31-23-33(40-25-32-17-16-30-10-6-7-11-35(30)37-32)18-19-34(31)36-20-21-39(38-36)24-27-12-14-29(15-13-27)28-8-4-3-5-9-28/h3-21,23,26H,22,24-25H2,1-2H3. The summed E-state index contributed by atoms with van der Waals surface area (Å²) in [4.78, 5) is 4.75. The lowest BCUT2D eigenvalue weighted by molar-refractivity contribution is 0.301. The molecule has 6 rings (SSSR count). The Morgan fingerprint density at radius 1 is 0.750 bits per heavy atom. The van der Waals surface area contributed by atoms with Gasteiger partial charge in [0.2, 0.25) is 0 Å². The first-order chi connectivity index (χ1) is 19.6. The van der Waals surface area contributed by atoms with Crippen LogP contribution in [0.15, 0.2) is 121 Å². The van der Waals surface area contributed by atoms with Gasteiger partial charge in [-0.25, -0.2) is 4.98 Å². The van der Waals surface area contributed by atoms with Crippen LogP contribution in [0.4, 0.5) is 0 Å². The van der Waals surface area contributed by atoms with Gasteiger partial charge in [0.15, 0.2) is 0 Å². The molecule has 0 saturated carbocycles. The Morgan fingerprint density at radius 2 is 1.52 bits per heavy atom. The third-order valence-electron chi connectivity index (χ3n) is 7.07. The molecular formula is C36H33N3O. The van der Waals surface area contributed by atoms with Gasteiger partial charge in [0.05, 0.1) is 23.4 Å². The summed E-state index contributed by atoms with van der Waals surface area (Å²) in [5, 5.41) is 6.08. The van der Waals surface area contributed by atoms with Gasteiger partial charge < -0.3 is 4.74 Å². The van der Waals surface area contributed by atoms with Crippen LogP contribution in [-0.2, 0) is 19.6 Å². The number of para-hydroxylation sites is 1. The molecule has 2 heterocycles. The number of aromatic nitrogens is 3. The van der Waals surface area contributed by atoms with E-state index in [2.05, 4.69) is 98.9 Å². The number of fused-ring (bicyclic) bond motifs is 1.